The van der Waals surface area contributed by atoms with E-state index in [-0.39, 0.29) is 6.61 Å². The highest BCUT2D eigenvalue weighted by Gasteiger charge is 2.27. The van der Waals surface area contributed by atoms with E-state index in [0.29, 0.717) is 17.7 Å². The van der Waals surface area contributed by atoms with Crippen LogP contribution in [0.5, 0.6) is 0 Å². The second-order valence-electron chi connectivity index (χ2n) is 4.47. The molecule has 1 N–H and O–H groups in total. The number of halogens is 3. The molecule has 0 spiro atoms. The van der Waals surface area contributed by atoms with Gasteiger partial charge in [-0.2, -0.15) is 13.2 Å². The molecule has 0 bridgehead atoms. The predicted molar refractivity (Wildman–Crippen MR) is 72.6 cm³/mol. The summed E-state index contributed by atoms with van der Waals surface area (Å²) in [4.78, 5) is 4.37. The van der Waals surface area contributed by atoms with E-state index in [2.05, 4.69) is 28.9 Å². The van der Waals surface area contributed by atoms with Gasteiger partial charge >= 0.3 is 6.18 Å². The maximum atomic E-state index is 11.8. The minimum Gasteiger partial charge on any atom is -0.370 e. The Labute approximate surface area is 116 Å². The Morgan fingerprint density at radius 1 is 1.42 bits per heavy atom. The van der Waals surface area contributed by atoms with Crippen molar-refractivity contribution < 1.29 is 17.9 Å². The molecule has 1 aliphatic rings. The summed E-state index contributed by atoms with van der Waals surface area (Å²) in [5.41, 5.74) is 0. The van der Waals surface area contributed by atoms with Crippen LogP contribution >= 0.6 is 11.8 Å². The first-order valence-electron chi connectivity index (χ1n) is 6.55. The van der Waals surface area contributed by atoms with Crippen LogP contribution in [0.2, 0.25) is 0 Å². The van der Waals surface area contributed by atoms with Gasteiger partial charge in [-0.15, -0.1) is 0 Å². The summed E-state index contributed by atoms with van der Waals surface area (Å²) in [6.45, 7) is 4.34. The molecule has 0 aliphatic carbocycles. The van der Waals surface area contributed by atoms with Gasteiger partial charge in [0.1, 0.15) is 6.61 Å². The van der Waals surface area contributed by atoms with Crippen LogP contribution in [-0.4, -0.2) is 42.9 Å². The van der Waals surface area contributed by atoms with Crippen molar-refractivity contribution in [2.24, 2.45) is 10.9 Å². The molecule has 3 nitrogen and oxygen atoms in total. The molecule has 0 aromatic heterocycles. The van der Waals surface area contributed by atoms with Gasteiger partial charge in [0, 0.05) is 11.8 Å². The molecule has 0 aromatic rings. The summed E-state index contributed by atoms with van der Waals surface area (Å²) < 4.78 is 40.0. The third-order valence-corrected chi connectivity index (χ3v) is 4.37. The molecule has 0 saturated carbocycles. The molecule has 0 radical (unpaired) electrons. The molecule has 112 valence electrons. The average molecular weight is 298 g/mol. The Kier molecular flexibility index (Phi) is 6.99. The van der Waals surface area contributed by atoms with E-state index in [1.807, 2.05) is 0 Å². The van der Waals surface area contributed by atoms with Gasteiger partial charge in [-0.3, -0.25) is 4.99 Å². The van der Waals surface area contributed by atoms with Crippen LogP contribution in [0.4, 0.5) is 13.2 Å². The molecular formula is C12H21F3N2OS. The summed E-state index contributed by atoms with van der Waals surface area (Å²) in [6, 6.07) is 0. The van der Waals surface area contributed by atoms with Crippen LogP contribution in [0.3, 0.4) is 0 Å². The van der Waals surface area contributed by atoms with Gasteiger partial charge in [0.2, 0.25) is 0 Å². The molecule has 0 saturated heterocycles. The number of ether oxygens (including phenoxy) is 1. The van der Waals surface area contributed by atoms with Crippen molar-refractivity contribution in [1.82, 2.24) is 5.32 Å². The lowest BCUT2D eigenvalue weighted by atomic mass is 9.99. The van der Waals surface area contributed by atoms with E-state index in [1.165, 1.54) is 0 Å². The van der Waals surface area contributed by atoms with Crippen LogP contribution in [0.1, 0.15) is 26.7 Å². The van der Waals surface area contributed by atoms with Crippen molar-refractivity contribution >= 4 is 16.9 Å². The van der Waals surface area contributed by atoms with Crippen LogP contribution in [0.15, 0.2) is 4.99 Å². The zero-order valence-corrected chi connectivity index (χ0v) is 12.1. The fourth-order valence-corrected chi connectivity index (χ4v) is 3.31. The largest absolute Gasteiger partial charge is 0.411 e. The zero-order valence-electron chi connectivity index (χ0n) is 11.3. The van der Waals surface area contributed by atoms with E-state index in [9.17, 15) is 13.2 Å². The van der Waals surface area contributed by atoms with Crippen LogP contribution in [-0.2, 0) is 4.74 Å². The predicted octanol–water partition coefficient (Wildman–Crippen LogP) is 3.06. The first-order valence-corrected chi connectivity index (χ1v) is 7.43. The van der Waals surface area contributed by atoms with Crippen molar-refractivity contribution in [2.45, 2.75) is 38.1 Å². The molecule has 1 unspecified atom stereocenters. The fourth-order valence-electron chi connectivity index (χ4n) is 1.97. The Balaban J connectivity index is 2.12. The topological polar surface area (TPSA) is 33.6 Å². The molecule has 0 amide bonds. The van der Waals surface area contributed by atoms with Crippen molar-refractivity contribution in [1.29, 1.82) is 0 Å². The van der Waals surface area contributed by atoms with Gasteiger partial charge in [-0.25, -0.2) is 0 Å². The monoisotopic (exact) mass is 298 g/mol. The second-order valence-corrected chi connectivity index (χ2v) is 5.70. The normalized spacial score (nSPS) is 19.9. The summed E-state index contributed by atoms with van der Waals surface area (Å²) >= 11 is 1.69. The van der Waals surface area contributed by atoms with E-state index < -0.39 is 12.8 Å². The standard InChI is InChI=1S/C12H21F3N2OS/c1-3-9(4-2)10-7-17-11(19-10)16-5-6-18-8-12(13,14)15/h9-10H,3-8H2,1-2H3,(H,16,17). The van der Waals surface area contributed by atoms with Crippen LogP contribution in [0.25, 0.3) is 0 Å². The number of rotatable bonds is 7. The number of amidine groups is 1. The minimum absolute atomic E-state index is 0.0364. The zero-order chi connectivity index (χ0) is 14.3. The molecular weight excluding hydrogens is 277 g/mol. The van der Waals surface area contributed by atoms with Gasteiger partial charge in [-0.1, -0.05) is 38.5 Å². The van der Waals surface area contributed by atoms with Crippen molar-refractivity contribution in [3.05, 3.63) is 0 Å². The van der Waals surface area contributed by atoms with E-state index in [0.717, 1.165) is 24.6 Å². The molecule has 1 atom stereocenters. The summed E-state index contributed by atoms with van der Waals surface area (Å²) in [6.07, 6.45) is -1.99. The maximum Gasteiger partial charge on any atom is 0.411 e. The number of hydrogen-bond donors (Lipinski definition) is 1. The highest BCUT2D eigenvalue weighted by atomic mass is 32.2. The van der Waals surface area contributed by atoms with Gasteiger partial charge in [0.25, 0.3) is 0 Å². The van der Waals surface area contributed by atoms with Gasteiger partial charge in [-0.05, 0) is 5.92 Å². The summed E-state index contributed by atoms with van der Waals surface area (Å²) in [7, 11) is 0. The molecule has 1 heterocycles. The summed E-state index contributed by atoms with van der Waals surface area (Å²) in [5, 5.41) is 4.34. The molecule has 1 rings (SSSR count). The quantitative estimate of drug-likeness (QED) is 0.733. The minimum atomic E-state index is -4.25. The van der Waals surface area contributed by atoms with Gasteiger partial charge in [0.15, 0.2) is 5.17 Å². The maximum absolute atomic E-state index is 11.8. The molecule has 0 aromatic carbocycles. The molecule has 19 heavy (non-hydrogen) atoms. The third kappa shape index (κ3) is 6.51. The SMILES string of the molecule is CCC(CC)C1CN=C(NCCOCC(F)(F)F)S1. The Hall–Kier alpha value is -0.430. The Bertz CT molecular complexity index is 293. The smallest absolute Gasteiger partial charge is 0.370 e. The second kappa shape index (κ2) is 7.99. The van der Waals surface area contributed by atoms with E-state index in [1.54, 1.807) is 11.8 Å². The van der Waals surface area contributed by atoms with Crippen LogP contribution < -0.4 is 5.32 Å². The number of aliphatic imine (C=N–C) groups is 1. The van der Waals surface area contributed by atoms with Crippen molar-refractivity contribution in [3.8, 4) is 0 Å². The average Bonchev–Trinajstić information content (AvgIpc) is 2.77. The fraction of sp³-hybridized carbons (Fsp3) is 0.917. The first kappa shape index (κ1) is 16.6. The lowest BCUT2D eigenvalue weighted by Gasteiger charge is -2.18. The lowest BCUT2D eigenvalue weighted by molar-refractivity contribution is -0.173. The molecule has 0 fully saturated rings. The van der Waals surface area contributed by atoms with Gasteiger partial charge in [0.05, 0.1) is 13.2 Å². The number of nitrogens with one attached hydrogen (secondary N) is 1. The lowest BCUT2D eigenvalue weighted by Crippen LogP contribution is -2.27. The number of hydrogen-bond acceptors (Lipinski definition) is 4. The summed E-state index contributed by atoms with van der Waals surface area (Å²) in [5.74, 6) is 0.648. The molecule has 1 aliphatic heterocycles. The van der Waals surface area contributed by atoms with Crippen LogP contribution in [0, 0.1) is 5.92 Å². The molecule has 7 heteroatoms. The number of nitrogens with zero attached hydrogens (tertiary/aromatic N) is 1. The highest BCUT2D eigenvalue weighted by Crippen LogP contribution is 2.30. The third-order valence-electron chi connectivity index (χ3n) is 3.04. The van der Waals surface area contributed by atoms with Gasteiger partial charge < -0.3 is 10.1 Å². The Morgan fingerprint density at radius 2 is 2.11 bits per heavy atom. The highest BCUT2D eigenvalue weighted by molar-refractivity contribution is 8.14. The van der Waals surface area contributed by atoms with E-state index in [4.69, 9.17) is 0 Å². The number of alkyl halides is 3. The Morgan fingerprint density at radius 3 is 2.68 bits per heavy atom. The first-order chi connectivity index (χ1) is 8.96. The van der Waals surface area contributed by atoms with E-state index >= 15 is 0 Å². The number of thioether (sulfide) groups is 1. The van der Waals surface area contributed by atoms with Crippen molar-refractivity contribution in [3.63, 3.8) is 0 Å². The van der Waals surface area contributed by atoms with Crippen molar-refractivity contribution in [2.75, 3.05) is 26.3 Å².